The third kappa shape index (κ3) is 3.43. The highest BCUT2D eigenvalue weighted by atomic mass is 35.5. The molecule has 0 spiro atoms. The van der Waals surface area contributed by atoms with Gasteiger partial charge in [-0.1, -0.05) is 44.7 Å². The molecular weight excluding hydrogens is 491 g/mol. The van der Waals surface area contributed by atoms with Crippen LogP contribution in [0.4, 0.5) is 0 Å². The van der Waals surface area contributed by atoms with E-state index in [1.807, 2.05) is 19.9 Å². The van der Waals surface area contributed by atoms with Crippen molar-refractivity contribution < 1.29 is 28.7 Å². The van der Waals surface area contributed by atoms with Crippen LogP contribution in [0.2, 0.25) is 0 Å². The third-order valence-corrected chi connectivity index (χ3v) is 9.69. The first-order chi connectivity index (χ1) is 16.2. The van der Waals surface area contributed by atoms with Gasteiger partial charge in [-0.3, -0.25) is 19.2 Å². The molecule has 8 heteroatoms. The van der Waals surface area contributed by atoms with Crippen molar-refractivity contribution in [2.24, 2.45) is 28.6 Å². The van der Waals surface area contributed by atoms with Gasteiger partial charge in [0.05, 0.1) is 0 Å². The van der Waals surface area contributed by atoms with Crippen molar-refractivity contribution in [1.29, 1.82) is 0 Å². The molecule has 0 N–H and O–H groups in total. The van der Waals surface area contributed by atoms with Crippen LogP contribution in [0.5, 0.6) is 0 Å². The summed E-state index contributed by atoms with van der Waals surface area (Å²) in [5, 5.41) is 0.426. The Labute approximate surface area is 215 Å². The van der Waals surface area contributed by atoms with Crippen LogP contribution in [-0.2, 0) is 28.7 Å². The lowest BCUT2D eigenvalue weighted by Crippen LogP contribution is -2.58. The van der Waals surface area contributed by atoms with Crippen molar-refractivity contribution >= 4 is 46.7 Å². The molecule has 0 heterocycles. The Hall–Kier alpha value is -2.18. The molecule has 0 aliphatic heterocycles. The van der Waals surface area contributed by atoms with Crippen molar-refractivity contribution in [2.45, 2.75) is 58.7 Å². The maximum absolute atomic E-state index is 13.2. The van der Waals surface area contributed by atoms with Crippen LogP contribution in [0, 0.1) is 28.6 Å². The molecule has 0 aromatic carbocycles. The van der Waals surface area contributed by atoms with E-state index in [0.717, 1.165) is 0 Å². The number of esters is 2. The minimum absolute atomic E-state index is 0.0476. The summed E-state index contributed by atoms with van der Waals surface area (Å²) in [5.74, 6) is -2.71. The maximum Gasteiger partial charge on any atom is 0.321 e. The summed E-state index contributed by atoms with van der Waals surface area (Å²) in [7, 11) is 0. The predicted octanol–water partition coefficient (Wildman–Crippen LogP) is 4.84. The number of hydrogen-bond acceptors (Lipinski definition) is 6. The number of carbonyl (C=O) groups is 4. The van der Waals surface area contributed by atoms with Crippen molar-refractivity contribution in [3.05, 3.63) is 47.1 Å². The fourth-order valence-corrected chi connectivity index (χ4v) is 7.94. The highest BCUT2D eigenvalue weighted by molar-refractivity contribution is 6.33. The van der Waals surface area contributed by atoms with Gasteiger partial charge in [0.1, 0.15) is 12.0 Å². The van der Waals surface area contributed by atoms with Crippen LogP contribution >= 0.6 is 23.2 Å². The molecule has 0 aromatic heterocycles. The standard InChI is InChI=1S/C27H30Cl2O6/c1-13-14(2)26(6)18-7-8-25(5)24(17(18)9-20(29)19(26)10-21(13)32)22(34-23(33)12-28)11-27(25,15(3)30)35-16(4)31/h9-10,17-18,22,24H,1-2,7-8,11-12H2,3-6H3/t17-,18+,22?,24-,25+,26-,27+/m1/s1. The summed E-state index contributed by atoms with van der Waals surface area (Å²) in [4.78, 5) is 50.2. The van der Waals surface area contributed by atoms with E-state index >= 15 is 0 Å². The van der Waals surface area contributed by atoms with E-state index in [1.165, 1.54) is 19.9 Å². The molecule has 1 unspecified atom stereocenters. The number of carbonyl (C=O) groups excluding carboxylic acids is 4. The monoisotopic (exact) mass is 520 g/mol. The fourth-order valence-electron chi connectivity index (χ4n) is 7.48. The average molecular weight is 521 g/mol. The fraction of sp³-hybridized carbons (Fsp3) is 0.556. The molecular formula is C27H30Cl2O6. The van der Waals surface area contributed by atoms with E-state index < -0.39 is 34.5 Å². The third-order valence-electron chi connectivity index (χ3n) is 9.14. The zero-order valence-corrected chi connectivity index (χ0v) is 21.9. The van der Waals surface area contributed by atoms with Gasteiger partial charge in [-0.15, -0.1) is 11.6 Å². The van der Waals surface area contributed by atoms with Crippen LogP contribution in [0.15, 0.2) is 47.1 Å². The van der Waals surface area contributed by atoms with Crippen molar-refractivity contribution in [2.75, 3.05) is 5.88 Å². The summed E-state index contributed by atoms with van der Waals surface area (Å²) < 4.78 is 11.6. The molecule has 188 valence electrons. The van der Waals surface area contributed by atoms with E-state index in [0.29, 0.717) is 34.6 Å². The molecule has 0 saturated heterocycles. The summed E-state index contributed by atoms with van der Waals surface area (Å²) in [6.45, 7) is 14.8. The zero-order chi connectivity index (χ0) is 26.1. The minimum Gasteiger partial charge on any atom is -0.461 e. The Balaban J connectivity index is 1.92. The lowest BCUT2D eigenvalue weighted by atomic mass is 9.46. The Morgan fingerprint density at radius 1 is 1.20 bits per heavy atom. The summed E-state index contributed by atoms with van der Waals surface area (Å²) in [5.41, 5.74) is -1.26. The van der Waals surface area contributed by atoms with Gasteiger partial charge in [0, 0.05) is 40.7 Å². The van der Waals surface area contributed by atoms with Gasteiger partial charge >= 0.3 is 11.9 Å². The van der Waals surface area contributed by atoms with E-state index in [4.69, 9.17) is 32.7 Å². The summed E-state index contributed by atoms with van der Waals surface area (Å²) in [6, 6.07) is 0. The molecule has 7 atom stereocenters. The van der Waals surface area contributed by atoms with Gasteiger partial charge in [0.25, 0.3) is 0 Å². The van der Waals surface area contributed by atoms with Crippen LogP contribution < -0.4 is 0 Å². The first-order valence-corrected chi connectivity index (χ1v) is 12.6. The van der Waals surface area contributed by atoms with Gasteiger partial charge in [-0.2, -0.15) is 0 Å². The Morgan fingerprint density at radius 2 is 1.86 bits per heavy atom. The number of alkyl halides is 1. The molecule has 0 bridgehead atoms. The average Bonchev–Trinajstić information content (AvgIpc) is 3.02. The number of Topliss-reactive ketones (excluding diaryl/α,β-unsaturated/α-hetero) is 1. The van der Waals surface area contributed by atoms with E-state index in [2.05, 4.69) is 13.2 Å². The molecule has 4 aliphatic carbocycles. The van der Waals surface area contributed by atoms with Crippen molar-refractivity contribution in [3.8, 4) is 0 Å². The topological polar surface area (TPSA) is 86.7 Å². The molecule has 4 aliphatic rings. The molecule has 2 fully saturated rings. The SMILES string of the molecule is C=C1C(=C)[C@@]2(C)C(=CC1=O)C(Cl)=C[C@@H]1[C@@H]2CC[C@@]2(C)[C@H]1C(OC(=O)CCl)C[C@]2(OC(C)=O)C(C)=O. The summed E-state index contributed by atoms with van der Waals surface area (Å²) >= 11 is 12.6. The Bertz CT molecular complexity index is 1130. The number of rotatable bonds is 4. The van der Waals surface area contributed by atoms with Crippen LogP contribution in [0.25, 0.3) is 0 Å². The molecule has 35 heavy (non-hydrogen) atoms. The van der Waals surface area contributed by atoms with Crippen LogP contribution in [0.3, 0.4) is 0 Å². The summed E-state index contributed by atoms with van der Waals surface area (Å²) in [6.07, 6.45) is 3.95. The van der Waals surface area contributed by atoms with Gasteiger partial charge < -0.3 is 9.47 Å². The molecule has 4 rings (SSSR count). The predicted molar refractivity (Wildman–Crippen MR) is 132 cm³/mol. The number of halogens is 2. The second-order valence-corrected chi connectivity index (χ2v) is 11.3. The highest BCUT2D eigenvalue weighted by Gasteiger charge is 2.72. The Morgan fingerprint density at radius 3 is 2.43 bits per heavy atom. The number of ketones is 2. The smallest absolute Gasteiger partial charge is 0.321 e. The van der Waals surface area contributed by atoms with E-state index in [9.17, 15) is 19.2 Å². The van der Waals surface area contributed by atoms with E-state index in [1.54, 1.807) is 0 Å². The molecule has 0 amide bonds. The zero-order valence-electron chi connectivity index (χ0n) is 20.4. The van der Waals surface area contributed by atoms with Gasteiger partial charge in [-0.25, -0.2) is 0 Å². The quantitative estimate of drug-likeness (QED) is 0.299. The molecule has 0 aromatic rings. The van der Waals surface area contributed by atoms with Crippen molar-refractivity contribution in [3.63, 3.8) is 0 Å². The second kappa shape index (κ2) is 8.45. The minimum atomic E-state index is -1.45. The number of fused-ring (bicyclic) bond motifs is 5. The van der Waals surface area contributed by atoms with Crippen molar-refractivity contribution in [1.82, 2.24) is 0 Å². The normalized spacial score (nSPS) is 40.1. The van der Waals surface area contributed by atoms with Crippen LogP contribution in [0.1, 0.15) is 47.0 Å². The number of ether oxygens (including phenoxy) is 2. The lowest BCUT2D eigenvalue weighted by Gasteiger charge is -2.58. The first kappa shape index (κ1) is 25.9. The Kier molecular flexibility index (Phi) is 6.25. The second-order valence-electron chi connectivity index (χ2n) is 10.6. The highest BCUT2D eigenvalue weighted by Crippen LogP contribution is 2.69. The van der Waals surface area contributed by atoms with Crippen LogP contribution in [-0.4, -0.2) is 41.1 Å². The molecule has 2 saturated carbocycles. The largest absolute Gasteiger partial charge is 0.461 e. The molecule has 6 nitrogen and oxygen atoms in total. The van der Waals surface area contributed by atoms with Gasteiger partial charge in [-0.05, 0) is 48.8 Å². The molecule has 0 radical (unpaired) electrons. The van der Waals surface area contributed by atoms with Gasteiger partial charge in [0.2, 0.25) is 0 Å². The number of allylic oxidation sites excluding steroid dienone is 6. The lowest BCUT2D eigenvalue weighted by molar-refractivity contribution is -0.185. The first-order valence-electron chi connectivity index (χ1n) is 11.7. The van der Waals surface area contributed by atoms with Gasteiger partial charge in [0.15, 0.2) is 17.2 Å². The maximum atomic E-state index is 13.2. The number of hydrogen-bond donors (Lipinski definition) is 0. The van der Waals surface area contributed by atoms with E-state index in [-0.39, 0.29) is 41.6 Å².